The average Bonchev–Trinajstić information content (AvgIpc) is 3.09. The smallest absolute Gasteiger partial charge is 0.270 e. The number of nitrogens with one attached hydrogen (secondary N) is 1. The largest absolute Gasteiger partial charge is 0.318 e. The van der Waals surface area contributed by atoms with E-state index in [-0.39, 0.29) is 16.4 Å². The zero-order valence-electron chi connectivity index (χ0n) is 19.7. The lowest BCUT2D eigenvalue weighted by atomic mass is 10.0. The first-order valence-electron chi connectivity index (χ1n) is 11.0. The van der Waals surface area contributed by atoms with Crippen molar-refractivity contribution in [1.82, 2.24) is 9.88 Å². The third kappa shape index (κ3) is 4.50. The van der Waals surface area contributed by atoms with E-state index in [9.17, 15) is 19.7 Å². The Labute approximate surface area is 208 Å². The molecular formula is C26H24N4O4S. The highest BCUT2D eigenvalue weighted by atomic mass is 32.1. The van der Waals surface area contributed by atoms with Crippen LogP contribution in [0.2, 0.25) is 0 Å². The van der Waals surface area contributed by atoms with Crippen molar-refractivity contribution in [2.24, 2.45) is 0 Å². The number of anilines is 1. The van der Waals surface area contributed by atoms with E-state index in [0.717, 1.165) is 22.6 Å². The van der Waals surface area contributed by atoms with E-state index in [2.05, 4.69) is 19.2 Å². The van der Waals surface area contributed by atoms with Crippen molar-refractivity contribution in [3.63, 3.8) is 0 Å². The normalized spacial score (nSPS) is 15.2. The van der Waals surface area contributed by atoms with Crippen LogP contribution in [0, 0.1) is 24.0 Å². The lowest BCUT2D eigenvalue weighted by Crippen LogP contribution is -2.54. The second-order valence-corrected chi connectivity index (χ2v) is 9.03. The van der Waals surface area contributed by atoms with Gasteiger partial charge in [0.1, 0.15) is 5.57 Å². The lowest BCUT2D eigenvalue weighted by Gasteiger charge is -2.29. The van der Waals surface area contributed by atoms with E-state index >= 15 is 0 Å². The number of nitro groups is 1. The number of carbonyl (C=O) groups excluding carboxylic acids is 2. The molecule has 0 bridgehead atoms. The van der Waals surface area contributed by atoms with Gasteiger partial charge in [0.25, 0.3) is 17.5 Å². The van der Waals surface area contributed by atoms with Crippen molar-refractivity contribution in [1.29, 1.82) is 0 Å². The first-order valence-corrected chi connectivity index (χ1v) is 11.4. The van der Waals surface area contributed by atoms with Crippen LogP contribution in [-0.4, -0.2) is 26.4 Å². The van der Waals surface area contributed by atoms with E-state index in [1.165, 1.54) is 17.0 Å². The summed E-state index contributed by atoms with van der Waals surface area (Å²) in [5.74, 6) is -0.722. The number of aryl methyl sites for hydroxylation is 1. The third-order valence-corrected chi connectivity index (χ3v) is 6.29. The number of non-ortho nitro benzene ring substituents is 1. The van der Waals surface area contributed by atoms with Crippen molar-refractivity contribution in [2.75, 3.05) is 4.90 Å². The van der Waals surface area contributed by atoms with Crippen LogP contribution in [0.3, 0.4) is 0 Å². The third-order valence-electron chi connectivity index (χ3n) is 6.01. The maximum Gasteiger partial charge on any atom is 0.270 e. The average molecular weight is 489 g/mol. The van der Waals surface area contributed by atoms with Crippen molar-refractivity contribution in [3.8, 4) is 5.69 Å². The molecule has 0 unspecified atom stereocenters. The van der Waals surface area contributed by atoms with Gasteiger partial charge in [0.2, 0.25) is 0 Å². The quantitative estimate of drug-likeness (QED) is 0.180. The minimum Gasteiger partial charge on any atom is -0.318 e. The second kappa shape index (κ2) is 9.27. The van der Waals surface area contributed by atoms with Crippen LogP contribution in [-0.2, 0) is 9.59 Å². The van der Waals surface area contributed by atoms with Crippen molar-refractivity contribution >= 4 is 46.6 Å². The predicted molar refractivity (Wildman–Crippen MR) is 139 cm³/mol. The maximum absolute atomic E-state index is 13.4. The number of nitrogens with zero attached hydrogens (tertiary/aromatic N) is 3. The Hall–Kier alpha value is -4.11. The molecule has 0 saturated carbocycles. The zero-order valence-corrected chi connectivity index (χ0v) is 20.6. The number of aromatic nitrogens is 1. The van der Waals surface area contributed by atoms with Crippen LogP contribution >= 0.6 is 12.2 Å². The van der Waals surface area contributed by atoms with Gasteiger partial charge in [-0.05, 0) is 79.5 Å². The highest BCUT2D eigenvalue weighted by Gasteiger charge is 2.34. The molecule has 1 aliphatic rings. The van der Waals surface area contributed by atoms with E-state index in [1.54, 1.807) is 18.2 Å². The van der Waals surface area contributed by atoms with Gasteiger partial charge < -0.3 is 4.57 Å². The fraction of sp³-hybridized carbons (Fsp3) is 0.192. The summed E-state index contributed by atoms with van der Waals surface area (Å²) in [4.78, 5) is 38.0. The van der Waals surface area contributed by atoms with Crippen LogP contribution in [0.4, 0.5) is 11.4 Å². The Kier molecular flexibility index (Phi) is 6.36. The number of hydrogen-bond acceptors (Lipinski definition) is 5. The standard InChI is InChI=1S/C26H24N4O4S/c1-15(2)18-5-7-21(8-6-18)29-25(32)23(24(31)27-26(29)35)14-19-13-16(3)28(17(19)4)20-9-11-22(12-10-20)30(33)34/h5-15H,1-4H3,(H,27,31,35)/b23-14-. The molecule has 2 aromatic carbocycles. The van der Waals surface area contributed by atoms with Crippen molar-refractivity contribution < 1.29 is 14.5 Å². The van der Waals surface area contributed by atoms with E-state index in [1.807, 2.05) is 48.7 Å². The van der Waals surface area contributed by atoms with Gasteiger partial charge >= 0.3 is 0 Å². The van der Waals surface area contributed by atoms with Gasteiger partial charge in [0.05, 0.1) is 10.6 Å². The van der Waals surface area contributed by atoms with E-state index in [4.69, 9.17) is 12.2 Å². The van der Waals surface area contributed by atoms with Crippen LogP contribution in [0.1, 0.15) is 42.3 Å². The molecule has 2 amide bonds. The van der Waals surface area contributed by atoms with Crippen molar-refractivity contribution in [3.05, 3.63) is 92.8 Å². The Balaban J connectivity index is 1.71. The highest BCUT2D eigenvalue weighted by molar-refractivity contribution is 7.80. The molecule has 1 aliphatic heterocycles. The number of benzene rings is 2. The molecule has 8 nitrogen and oxygen atoms in total. The number of carbonyl (C=O) groups is 2. The Bertz CT molecular complexity index is 1390. The maximum atomic E-state index is 13.4. The summed E-state index contributed by atoms with van der Waals surface area (Å²) in [6.45, 7) is 7.91. The minimum atomic E-state index is -0.560. The summed E-state index contributed by atoms with van der Waals surface area (Å²) < 4.78 is 1.91. The van der Waals surface area contributed by atoms with Gasteiger partial charge in [0, 0.05) is 29.2 Å². The highest BCUT2D eigenvalue weighted by Crippen LogP contribution is 2.27. The van der Waals surface area contributed by atoms with Gasteiger partial charge in [-0.3, -0.25) is 29.9 Å². The van der Waals surface area contributed by atoms with Gasteiger partial charge in [0.15, 0.2) is 5.11 Å². The Morgan fingerprint density at radius 1 is 1.00 bits per heavy atom. The number of hydrogen-bond donors (Lipinski definition) is 1. The fourth-order valence-electron chi connectivity index (χ4n) is 4.11. The molecule has 4 rings (SSSR count). The molecule has 0 atom stereocenters. The first kappa shape index (κ1) is 24.0. The summed E-state index contributed by atoms with van der Waals surface area (Å²) in [7, 11) is 0. The van der Waals surface area contributed by atoms with Crippen LogP contribution in [0.15, 0.2) is 60.2 Å². The zero-order chi connectivity index (χ0) is 25.4. The summed E-state index contributed by atoms with van der Waals surface area (Å²) in [5.41, 5.74) is 4.73. The molecule has 9 heteroatoms. The van der Waals surface area contributed by atoms with E-state index < -0.39 is 16.7 Å². The summed E-state index contributed by atoms with van der Waals surface area (Å²) in [5, 5.41) is 13.6. The number of amides is 2. The molecule has 1 saturated heterocycles. The molecule has 35 heavy (non-hydrogen) atoms. The Morgan fingerprint density at radius 3 is 2.17 bits per heavy atom. The summed E-state index contributed by atoms with van der Waals surface area (Å²) in [6.07, 6.45) is 1.55. The van der Waals surface area contributed by atoms with Gasteiger partial charge in [-0.2, -0.15) is 0 Å². The van der Waals surface area contributed by atoms with Crippen LogP contribution < -0.4 is 10.2 Å². The molecule has 0 radical (unpaired) electrons. The van der Waals surface area contributed by atoms with Crippen LogP contribution in [0.5, 0.6) is 0 Å². The molecule has 0 aliphatic carbocycles. The number of rotatable bonds is 5. The topological polar surface area (TPSA) is 97.5 Å². The predicted octanol–water partition coefficient (Wildman–Crippen LogP) is 4.96. The first-order chi connectivity index (χ1) is 16.6. The second-order valence-electron chi connectivity index (χ2n) is 8.64. The molecule has 2 heterocycles. The molecule has 3 aromatic rings. The molecule has 178 valence electrons. The minimum absolute atomic E-state index is 0.000476. The van der Waals surface area contributed by atoms with Gasteiger partial charge in [-0.25, -0.2) is 0 Å². The molecule has 0 spiro atoms. The van der Waals surface area contributed by atoms with Gasteiger partial charge in [-0.15, -0.1) is 0 Å². The number of thiocarbonyl (C=S) groups is 1. The molecule has 1 fully saturated rings. The number of nitro benzene ring substituents is 1. The molecule has 1 aromatic heterocycles. The fourth-order valence-corrected chi connectivity index (χ4v) is 4.39. The monoisotopic (exact) mass is 488 g/mol. The molecular weight excluding hydrogens is 464 g/mol. The lowest BCUT2D eigenvalue weighted by molar-refractivity contribution is -0.384. The van der Waals surface area contributed by atoms with Gasteiger partial charge in [-0.1, -0.05) is 26.0 Å². The van der Waals surface area contributed by atoms with E-state index in [0.29, 0.717) is 17.2 Å². The molecule has 1 N–H and O–H groups in total. The van der Waals surface area contributed by atoms with Crippen molar-refractivity contribution in [2.45, 2.75) is 33.6 Å². The Morgan fingerprint density at radius 2 is 1.60 bits per heavy atom. The SMILES string of the molecule is Cc1cc(/C=C2/C(=O)NC(=S)N(c3ccc(C(C)C)cc3)C2=O)c(C)n1-c1ccc([N+](=O)[O-])cc1. The summed E-state index contributed by atoms with van der Waals surface area (Å²) >= 11 is 5.30. The van der Waals surface area contributed by atoms with Crippen LogP contribution in [0.25, 0.3) is 11.8 Å². The summed E-state index contributed by atoms with van der Waals surface area (Å²) in [6, 6.07) is 15.6.